The first kappa shape index (κ1) is 18.9. The number of amides is 2. The number of rotatable bonds is 4. The van der Waals surface area contributed by atoms with Crippen LogP contribution in [-0.4, -0.2) is 31.9 Å². The molecule has 3 N–H and O–H groups in total. The summed E-state index contributed by atoms with van der Waals surface area (Å²) < 4.78 is 41.2. The van der Waals surface area contributed by atoms with Gasteiger partial charge in [0.05, 0.1) is 0 Å². The predicted molar refractivity (Wildman–Crippen MR) is 98.1 cm³/mol. The van der Waals surface area contributed by atoms with Crippen LogP contribution < -0.4 is 14.3 Å². The molecule has 1 aliphatic rings. The van der Waals surface area contributed by atoms with Gasteiger partial charge in [-0.1, -0.05) is 19.9 Å². The normalized spacial score (nSPS) is 16.0. The summed E-state index contributed by atoms with van der Waals surface area (Å²) >= 11 is 0. The largest absolute Gasteiger partial charge is 0.506 e. The average Bonchev–Trinajstić information content (AvgIpc) is 2.79. The Balaban J connectivity index is 2.07. The van der Waals surface area contributed by atoms with Crippen LogP contribution in [0.1, 0.15) is 20.3 Å². The first-order chi connectivity index (χ1) is 12.6. The van der Waals surface area contributed by atoms with Crippen molar-refractivity contribution < 1.29 is 27.5 Å². The van der Waals surface area contributed by atoms with E-state index in [9.17, 15) is 23.1 Å². The highest BCUT2D eigenvalue weighted by molar-refractivity contribution is 7.92. The molecule has 1 fully saturated rings. The van der Waals surface area contributed by atoms with Crippen molar-refractivity contribution in [2.75, 3.05) is 16.2 Å². The molecule has 3 rings (SSSR count). The first-order valence-electron chi connectivity index (χ1n) is 8.17. The van der Waals surface area contributed by atoms with Crippen LogP contribution in [0.5, 0.6) is 5.75 Å². The summed E-state index contributed by atoms with van der Waals surface area (Å²) in [5.74, 6) is -2.54. The minimum atomic E-state index is -4.28. The topological polar surface area (TPSA) is 116 Å². The van der Waals surface area contributed by atoms with E-state index in [0.717, 1.165) is 0 Å². The number of benzene rings is 2. The van der Waals surface area contributed by atoms with Crippen LogP contribution >= 0.6 is 0 Å². The molecule has 0 radical (unpaired) electrons. The van der Waals surface area contributed by atoms with Gasteiger partial charge in [-0.3, -0.25) is 9.59 Å². The predicted octanol–water partition coefficient (Wildman–Crippen LogP) is 1.85. The quantitative estimate of drug-likeness (QED) is 0.731. The number of halogens is 1. The Bertz CT molecular complexity index is 1050. The molecule has 8 nitrogen and oxygen atoms in total. The molecule has 0 aliphatic carbocycles. The number of carbonyl (C=O) groups excluding carboxylic acids is 2. The molecule has 0 bridgehead atoms. The van der Waals surface area contributed by atoms with E-state index in [1.807, 2.05) is 13.8 Å². The monoisotopic (exact) mass is 395 g/mol. The van der Waals surface area contributed by atoms with Crippen molar-refractivity contribution in [1.82, 2.24) is 4.72 Å². The zero-order chi connectivity index (χ0) is 19.9. The van der Waals surface area contributed by atoms with E-state index in [-0.39, 0.29) is 17.2 Å². The van der Waals surface area contributed by atoms with Gasteiger partial charge >= 0.3 is 10.2 Å². The lowest BCUT2D eigenvalue weighted by atomic mass is 10.1. The molecule has 0 unspecified atom stereocenters. The Morgan fingerprint density at radius 3 is 2.67 bits per heavy atom. The second-order valence-corrected chi connectivity index (χ2v) is 8.27. The number of phenolic OH excluding ortho intramolecular Hbond substituents is 1. The molecular formula is C17H18FN3O5S. The van der Waals surface area contributed by atoms with Crippen molar-refractivity contribution >= 4 is 44.2 Å². The van der Waals surface area contributed by atoms with E-state index < -0.39 is 39.9 Å². The van der Waals surface area contributed by atoms with E-state index in [1.54, 1.807) is 10.8 Å². The summed E-state index contributed by atoms with van der Waals surface area (Å²) in [7, 11) is -4.28. The van der Waals surface area contributed by atoms with Crippen molar-refractivity contribution in [3.05, 3.63) is 30.1 Å². The molecule has 2 amide bonds. The van der Waals surface area contributed by atoms with Crippen molar-refractivity contribution in [1.29, 1.82) is 0 Å². The van der Waals surface area contributed by atoms with Gasteiger partial charge in [0.15, 0.2) is 5.82 Å². The molecule has 2 aromatic rings. The van der Waals surface area contributed by atoms with Crippen LogP contribution in [0.2, 0.25) is 0 Å². The summed E-state index contributed by atoms with van der Waals surface area (Å²) in [4.78, 5) is 23.3. The maximum absolute atomic E-state index is 15.1. The lowest BCUT2D eigenvalue weighted by Gasteiger charge is -2.18. The number of carbonyl (C=O) groups is 2. The van der Waals surface area contributed by atoms with Gasteiger partial charge < -0.3 is 10.4 Å². The number of fused-ring (bicyclic) bond motifs is 1. The molecule has 10 heteroatoms. The number of hydrogen-bond acceptors (Lipinski definition) is 5. The Hall–Kier alpha value is -2.88. The fourth-order valence-electron chi connectivity index (χ4n) is 2.87. The number of anilines is 2. The van der Waals surface area contributed by atoms with Crippen molar-refractivity contribution in [2.45, 2.75) is 20.3 Å². The molecule has 0 aromatic heterocycles. The van der Waals surface area contributed by atoms with Crippen LogP contribution in [0.15, 0.2) is 24.3 Å². The molecule has 1 saturated heterocycles. The SMILES string of the molecule is CC(C)CC(=O)Nc1ccc2cc(O)c(N3CC(=O)NS3(=O)=O)c(F)c2c1. The minimum Gasteiger partial charge on any atom is -0.506 e. The fourth-order valence-corrected chi connectivity index (χ4v) is 4.04. The molecule has 1 aliphatic heterocycles. The maximum atomic E-state index is 15.1. The zero-order valence-corrected chi connectivity index (χ0v) is 15.4. The highest BCUT2D eigenvalue weighted by Gasteiger charge is 2.37. The van der Waals surface area contributed by atoms with Gasteiger partial charge in [-0.15, -0.1) is 0 Å². The van der Waals surface area contributed by atoms with Gasteiger partial charge in [0.25, 0.3) is 5.91 Å². The lowest BCUT2D eigenvalue weighted by molar-refractivity contribution is -0.117. The van der Waals surface area contributed by atoms with E-state index in [0.29, 0.717) is 21.8 Å². The summed E-state index contributed by atoms with van der Waals surface area (Å²) in [5, 5.41) is 13.1. The standard InChI is InChI=1S/C17H18FN3O5S/c1-9(2)5-14(23)19-11-4-3-10-6-13(22)17(16(18)12(10)7-11)21-8-15(24)20-27(21,25)26/h3-4,6-7,9,22H,5,8H2,1-2H3,(H,19,23)(H,20,24). The Morgan fingerprint density at radius 1 is 1.37 bits per heavy atom. The maximum Gasteiger partial charge on any atom is 0.326 e. The zero-order valence-electron chi connectivity index (χ0n) is 14.6. The van der Waals surface area contributed by atoms with Crippen molar-refractivity contribution in [3.63, 3.8) is 0 Å². The third-order valence-corrected chi connectivity index (χ3v) is 5.36. The number of aromatic hydroxyl groups is 1. The van der Waals surface area contributed by atoms with Crippen LogP contribution in [0.3, 0.4) is 0 Å². The van der Waals surface area contributed by atoms with Gasteiger partial charge in [0.2, 0.25) is 5.91 Å². The highest BCUT2D eigenvalue weighted by Crippen LogP contribution is 2.39. The Morgan fingerprint density at radius 2 is 2.07 bits per heavy atom. The fraction of sp³-hybridized carbons (Fsp3) is 0.294. The van der Waals surface area contributed by atoms with E-state index in [1.165, 1.54) is 18.2 Å². The number of hydrogen-bond donors (Lipinski definition) is 3. The second kappa shape index (κ2) is 6.69. The molecule has 0 atom stereocenters. The minimum absolute atomic E-state index is 0.000282. The summed E-state index contributed by atoms with van der Waals surface area (Å²) in [6, 6.07) is 5.60. The van der Waals surface area contributed by atoms with Gasteiger partial charge in [0, 0.05) is 17.5 Å². The average molecular weight is 395 g/mol. The van der Waals surface area contributed by atoms with Gasteiger partial charge in [-0.05, 0) is 29.5 Å². The Kier molecular flexibility index (Phi) is 4.68. The van der Waals surface area contributed by atoms with Crippen LogP contribution in [-0.2, 0) is 19.8 Å². The molecule has 144 valence electrons. The molecule has 0 saturated carbocycles. The van der Waals surface area contributed by atoms with E-state index >= 15 is 4.39 Å². The van der Waals surface area contributed by atoms with Crippen molar-refractivity contribution in [3.8, 4) is 5.75 Å². The van der Waals surface area contributed by atoms with Crippen LogP contribution in [0, 0.1) is 11.7 Å². The number of nitrogens with zero attached hydrogens (tertiary/aromatic N) is 1. The third kappa shape index (κ3) is 3.65. The van der Waals surface area contributed by atoms with Gasteiger partial charge in [-0.25, -0.2) is 13.4 Å². The van der Waals surface area contributed by atoms with Gasteiger partial charge in [0.1, 0.15) is 18.0 Å². The molecule has 2 aromatic carbocycles. The van der Waals surface area contributed by atoms with Crippen LogP contribution in [0.25, 0.3) is 10.8 Å². The Labute approximate surface area is 155 Å². The highest BCUT2D eigenvalue weighted by atomic mass is 32.2. The summed E-state index contributed by atoms with van der Waals surface area (Å²) in [6.07, 6.45) is 0.293. The molecular weight excluding hydrogens is 377 g/mol. The number of nitrogens with one attached hydrogen (secondary N) is 2. The van der Waals surface area contributed by atoms with E-state index in [2.05, 4.69) is 5.32 Å². The lowest BCUT2D eigenvalue weighted by Crippen LogP contribution is -2.30. The summed E-state index contributed by atoms with van der Waals surface area (Å²) in [6.45, 7) is 3.14. The third-order valence-electron chi connectivity index (χ3n) is 3.98. The first-order valence-corrected chi connectivity index (χ1v) is 9.61. The molecule has 0 spiro atoms. The number of phenols is 1. The van der Waals surface area contributed by atoms with Crippen molar-refractivity contribution in [2.24, 2.45) is 5.92 Å². The smallest absolute Gasteiger partial charge is 0.326 e. The van der Waals surface area contributed by atoms with Gasteiger partial charge in [-0.2, -0.15) is 8.42 Å². The molecule has 1 heterocycles. The molecule has 27 heavy (non-hydrogen) atoms. The van der Waals surface area contributed by atoms with E-state index in [4.69, 9.17) is 0 Å². The summed E-state index contributed by atoms with van der Waals surface area (Å²) in [5.41, 5.74) is -0.284. The second-order valence-electron chi connectivity index (χ2n) is 6.68. The van der Waals surface area contributed by atoms with Crippen LogP contribution in [0.4, 0.5) is 15.8 Å².